The van der Waals surface area contributed by atoms with Crippen molar-refractivity contribution in [1.82, 2.24) is 14.8 Å². The Balaban J connectivity index is 2.01. The number of nitrogen functional groups attached to an aromatic ring is 1. The zero-order valence-corrected chi connectivity index (χ0v) is 12.7. The molecule has 112 valence electrons. The quantitative estimate of drug-likeness (QED) is 0.678. The lowest BCUT2D eigenvalue weighted by molar-refractivity contribution is 0.0456. The number of rotatable bonds is 5. The van der Waals surface area contributed by atoms with Gasteiger partial charge in [0.1, 0.15) is 6.33 Å². The fraction of sp³-hybridized carbons (Fsp3) is 0.357. The van der Waals surface area contributed by atoms with Gasteiger partial charge in [-0.2, -0.15) is 5.10 Å². The van der Waals surface area contributed by atoms with Gasteiger partial charge in [0.25, 0.3) is 0 Å². The third-order valence-corrected chi connectivity index (χ3v) is 3.13. The number of nitrogens with zero attached hydrogens (tertiary/aromatic N) is 3. The topological polar surface area (TPSA) is 83.0 Å². The Labute approximate surface area is 127 Å². The molecule has 2 N–H and O–H groups in total. The van der Waals surface area contributed by atoms with Crippen LogP contribution in [0.4, 0.5) is 5.69 Å². The van der Waals surface area contributed by atoms with E-state index in [1.807, 2.05) is 0 Å². The molecule has 21 heavy (non-hydrogen) atoms. The summed E-state index contributed by atoms with van der Waals surface area (Å²) in [6.07, 6.45) is 1.45. The molecule has 1 heterocycles. The predicted molar refractivity (Wildman–Crippen MR) is 79.8 cm³/mol. The molecule has 0 saturated heterocycles. The first kappa shape index (κ1) is 15.3. The number of hydrogen-bond donors (Lipinski definition) is 1. The van der Waals surface area contributed by atoms with E-state index in [-0.39, 0.29) is 6.61 Å². The first-order chi connectivity index (χ1) is 9.97. The van der Waals surface area contributed by atoms with Crippen molar-refractivity contribution in [2.75, 3.05) is 5.73 Å². The van der Waals surface area contributed by atoms with E-state index in [1.165, 1.54) is 12.4 Å². The van der Waals surface area contributed by atoms with Crippen LogP contribution in [0.5, 0.6) is 0 Å². The summed E-state index contributed by atoms with van der Waals surface area (Å²) in [6, 6.07) is 4.63. The number of esters is 1. The van der Waals surface area contributed by atoms with Crippen LogP contribution in [-0.2, 0) is 17.9 Å². The van der Waals surface area contributed by atoms with E-state index in [0.717, 1.165) is 6.54 Å². The van der Waals surface area contributed by atoms with Gasteiger partial charge in [0.05, 0.1) is 16.3 Å². The van der Waals surface area contributed by atoms with Gasteiger partial charge in [0.15, 0.2) is 12.4 Å². The summed E-state index contributed by atoms with van der Waals surface area (Å²) in [5, 5.41) is 4.44. The molecule has 7 heteroatoms. The van der Waals surface area contributed by atoms with E-state index in [9.17, 15) is 4.79 Å². The minimum Gasteiger partial charge on any atom is -0.454 e. The summed E-state index contributed by atoms with van der Waals surface area (Å²) in [5.74, 6) is 0.562. The highest BCUT2D eigenvalue weighted by Gasteiger charge is 2.12. The molecule has 0 unspecified atom stereocenters. The van der Waals surface area contributed by atoms with Crippen molar-refractivity contribution < 1.29 is 9.53 Å². The maximum atomic E-state index is 12.0. The maximum absolute atomic E-state index is 12.0. The lowest BCUT2D eigenvalue weighted by Gasteiger charge is -2.09. The van der Waals surface area contributed by atoms with Gasteiger partial charge in [-0.25, -0.2) is 14.5 Å². The highest BCUT2D eigenvalue weighted by molar-refractivity contribution is 6.33. The summed E-state index contributed by atoms with van der Waals surface area (Å²) in [7, 11) is 0. The number of anilines is 1. The minimum atomic E-state index is -0.476. The van der Waals surface area contributed by atoms with Crippen LogP contribution >= 0.6 is 11.6 Å². The van der Waals surface area contributed by atoms with E-state index in [0.29, 0.717) is 28.0 Å². The second kappa shape index (κ2) is 6.58. The number of ether oxygens (including phenoxy) is 1. The van der Waals surface area contributed by atoms with Gasteiger partial charge in [-0.1, -0.05) is 25.4 Å². The molecule has 2 rings (SSSR count). The molecule has 0 spiro atoms. The van der Waals surface area contributed by atoms with Gasteiger partial charge < -0.3 is 10.5 Å². The third kappa shape index (κ3) is 3.95. The first-order valence-corrected chi connectivity index (χ1v) is 6.94. The summed E-state index contributed by atoms with van der Waals surface area (Å²) in [5.41, 5.74) is 6.37. The summed E-state index contributed by atoms with van der Waals surface area (Å²) in [6.45, 7) is 4.94. The monoisotopic (exact) mass is 308 g/mol. The lowest BCUT2D eigenvalue weighted by Crippen LogP contribution is -2.13. The van der Waals surface area contributed by atoms with Crippen molar-refractivity contribution in [3.05, 3.63) is 40.9 Å². The number of nitrogens with two attached hydrogens (primary N) is 1. The summed E-state index contributed by atoms with van der Waals surface area (Å²) >= 11 is 5.88. The van der Waals surface area contributed by atoms with Crippen molar-refractivity contribution in [2.45, 2.75) is 27.0 Å². The molecule has 1 aromatic carbocycles. The Hall–Kier alpha value is -2.08. The summed E-state index contributed by atoms with van der Waals surface area (Å²) < 4.78 is 6.96. The largest absolute Gasteiger partial charge is 0.454 e. The Bertz CT molecular complexity index is 640. The van der Waals surface area contributed by atoms with Crippen LogP contribution in [-0.4, -0.2) is 20.7 Å². The summed E-state index contributed by atoms with van der Waals surface area (Å²) in [4.78, 5) is 16.1. The molecule has 6 nitrogen and oxygen atoms in total. The molecule has 0 aliphatic rings. The van der Waals surface area contributed by atoms with Crippen molar-refractivity contribution in [1.29, 1.82) is 0 Å². The van der Waals surface area contributed by atoms with Crippen molar-refractivity contribution in [3.63, 3.8) is 0 Å². The molecule has 0 atom stereocenters. The molecule has 1 aromatic heterocycles. The second-order valence-corrected chi connectivity index (χ2v) is 5.47. The molecule has 0 amide bonds. The van der Waals surface area contributed by atoms with Crippen molar-refractivity contribution in [2.24, 2.45) is 5.92 Å². The number of halogens is 1. The zero-order valence-electron chi connectivity index (χ0n) is 11.9. The highest BCUT2D eigenvalue weighted by atomic mass is 35.5. The van der Waals surface area contributed by atoms with Crippen LogP contribution in [0, 0.1) is 5.92 Å². The van der Waals surface area contributed by atoms with Gasteiger partial charge in [0.2, 0.25) is 0 Å². The molecule has 0 aliphatic carbocycles. The average molecular weight is 309 g/mol. The van der Waals surface area contributed by atoms with E-state index < -0.39 is 5.97 Å². The molecular weight excluding hydrogens is 292 g/mol. The van der Waals surface area contributed by atoms with E-state index in [2.05, 4.69) is 23.9 Å². The molecule has 0 saturated carbocycles. The molecule has 0 bridgehead atoms. The van der Waals surface area contributed by atoms with E-state index >= 15 is 0 Å². The molecule has 2 aromatic rings. The van der Waals surface area contributed by atoms with Crippen molar-refractivity contribution in [3.8, 4) is 0 Å². The van der Waals surface area contributed by atoms with Gasteiger partial charge >= 0.3 is 5.97 Å². The first-order valence-electron chi connectivity index (χ1n) is 6.56. The maximum Gasteiger partial charge on any atom is 0.338 e. The molecular formula is C14H17ClN4O2. The van der Waals surface area contributed by atoms with Crippen molar-refractivity contribution >= 4 is 23.3 Å². The Morgan fingerprint density at radius 2 is 2.24 bits per heavy atom. The van der Waals surface area contributed by atoms with Crippen LogP contribution in [0.15, 0.2) is 24.5 Å². The fourth-order valence-electron chi connectivity index (χ4n) is 1.77. The Kier molecular flexibility index (Phi) is 4.80. The Morgan fingerprint density at radius 3 is 2.90 bits per heavy atom. The average Bonchev–Trinajstić information content (AvgIpc) is 2.85. The normalized spacial score (nSPS) is 10.9. The number of hydrogen-bond acceptors (Lipinski definition) is 5. The lowest BCUT2D eigenvalue weighted by atomic mass is 10.2. The SMILES string of the molecule is CC(C)Cn1ncnc1COC(=O)c1ccc(N)c(Cl)c1. The van der Waals surface area contributed by atoms with Gasteiger partial charge in [-0.3, -0.25) is 0 Å². The van der Waals surface area contributed by atoms with E-state index in [4.69, 9.17) is 22.1 Å². The smallest absolute Gasteiger partial charge is 0.338 e. The number of benzene rings is 1. The minimum absolute atomic E-state index is 0.0630. The number of aromatic nitrogens is 3. The number of carbonyl (C=O) groups is 1. The fourth-order valence-corrected chi connectivity index (χ4v) is 1.95. The van der Waals surface area contributed by atoms with Crippen LogP contribution < -0.4 is 5.73 Å². The van der Waals surface area contributed by atoms with Crippen LogP contribution in [0.2, 0.25) is 5.02 Å². The van der Waals surface area contributed by atoms with Crippen LogP contribution in [0.25, 0.3) is 0 Å². The van der Waals surface area contributed by atoms with Gasteiger partial charge in [-0.15, -0.1) is 0 Å². The van der Waals surface area contributed by atoms with Crippen LogP contribution in [0.1, 0.15) is 30.0 Å². The molecule has 0 radical (unpaired) electrons. The highest BCUT2D eigenvalue weighted by Crippen LogP contribution is 2.20. The standard InChI is InChI=1S/C14H17ClN4O2/c1-9(2)6-19-13(17-8-18-19)7-21-14(20)10-3-4-12(16)11(15)5-10/h3-5,8-9H,6-7,16H2,1-2H3. The number of carbonyl (C=O) groups excluding carboxylic acids is 1. The molecule has 0 fully saturated rings. The molecule has 0 aliphatic heterocycles. The van der Waals surface area contributed by atoms with Gasteiger partial charge in [0, 0.05) is 6.54 Å². The van der Waals surface area contributed by atoms with Crippen LogP contribution in [0.3, 0.4) is 0 Å². The Morgan fingerprint density at radius 1 is 1.48 bits per heavy atom. The van der Waals surface area contributed by atoms with Gasteiger partial charge in [-0.05, 0) is 24.1 Å². The van der Waals surface area contributed by atoms with E-state index in [1.54, 1.807) is 16.8 Å². The predicted octanol–water partition coefficient (Wildman–Crippen LogP) is 2.53. The third-order valence-electron chi connectivity index (χ3n) is 2.80. The second-order valence-electron chi connectivity index (χ2n) is 5.06. The zero-order chi connectivity index (χ0) is 15.4.